The van der Waals surface area contributed by atoms with Crippen molar-refractivity contribution >= 4 is 33.8 Å². The van der Waals surface area contributed by atoms with E-state index >= 15 is 0 Å². The lowest BCUT2D eigenvalue weighted by Gasteiger charge is -2.19. The number of aliphatic hydroxyl groups excluding tert-OH is 1. The molecule has 6 heteroatoms. The van der Waals surface area contributed by atoms with Crippen LogP contribution in [0.4, 0.5) is 0 Å². The highest BCUT2D eigenvalue weighted by atomic mass is 35.5. The Kier molecular flexibility index (Phi) is 8.87. The Bertz CT molecular complexity index is 586. The summed E-state index contributed by atoms with van der Waals surface area (Å²) in [5.74, 6) is 0.717. The zero-order valence-electron chi connectivity index (χ0n) is 13.9. The highest BCUT2D eigenvalue weighted by Crippen LogP contribution is 2.33. The van der Waals surface area contributed by atoms with Crippen molar-refractivity contribution in [2.45, 2.75) is 20.0 Å². The minimum Gasteiger partial charge on any atom is -0.496 e. The molecule has 0 aliphatic heterocycles. The molecule has 1 atom stereocenters. The number of hydrogen-bond donors (Lipinski definition) is 1. The van der Waals surface area contributed by atoms with Crippen LogP contribution in [0.15, 0.2) is 23.6 Å². The molecule has 0 fully saturated rings. The Morgan fingerprint density at radius 3 is 2.65 bits per heavy atom. The fourth-order valence-corrected chi connectivity index (χ4v) is 3.26. The van der Waals surface area contributed by atoms with Crippen LogP contribution in [0.2, 0.25) is 0 Å². The van der Waals surface area contributed by atoms with Gasteiger partial charge in [-0.3, -0.25) is 0 Å². The van der Waals surface area contributed by atoms with E-state index < -0.39 is 6.10 Å². The lowest BCUT2D eigenvalue weighted by molar-refractivity contribution is 0.0264. The maximum absolute atomic E-state index is 10.4. The van der Waals surface area contributed by atoms with E-state index in [9.17, 15) is 5.11 Å². The lowest BCUT2D eigenvalue weighted by atomic mass is 10.1. The van der Waals surface area contributed by atoms with Crippen molar-refractivity contribution in [1.29, 1.82) is 0 Å². The number of fused-ring (bicyclic) bond motifs is 1. The van der Waals surface area contributed by atoms with Crippen LogP contribution >= 0.6 is 23.7 Å². The fourth-order valence-electron chi connectivity index (χ4n) is 2.46. The SMILES string of the molecule is CCN(CC)CCOCC(O)c1cc2ccsc2cc1OC.Cl. The molecule has 1 heterocycles. The Morgan fingerprint density at radius 1 is 1.26 bits per heavy atom. The van der Waals surface area contributed by atoms with Crippen LogP contribution in [0, 0.1) is 0 Å². The van der Waals surface area contributed by atoms with Crippen LogP contribution in [0.1, 0.15) is 25.5 Å². The van der Waals surface area contributed by atoms with Gasteiger partial charge in [-0.15, -0.1) is 23.7 Å². The van der Waals surface area contributed by atoms with E-state index in [2.05, 4.69) is 24.8 Å². The molecule has 0 aliphatic carbocycles. The van der Waals surface area contributed by atoms with Gasteiger partial charge in [-0.2, -0.15) is 0 Å². The zero-order chi connectivity index (χ0) is 15.9. The summed E-state index contributed by atoms with van der Waals surface area (Å²) in [6.07, 6.45) is -0.670. The first-order valence-corrected chi connectivity index (χ1v) is 8.60. The fraction of sp³-hybridized carbons (Fsp3) is 0.529. The quantitative estimate of drug-likeness (QED) is 0.693. The van der Waals surface area contributed by atoms with Gasteiger partial charge in [-0.25, -0.2) is 0 Å². The molecule has 2 aromatic rings. The molecule has 0 aliphatic rings. The molecule has 0 amide bonds. The Morgan fingerprint density at radius 2 is 2.00 bits per heavy atom. The van der Waals surface area contributed by atoms with Gasteiger partial charge < -0.3 is 19.5 Å². The number of thiophene rings is 1. The van der Waals surface area contributed by atoms with Crippen molar-refractivity contribution in [3.8, 4) is 5.75 Å². The van der Waals surface area contributed by atoms with Gasteiger partial charge in [0.15, 0.2) is 0 Å². The van der Waals surface area contributed by atoms with Crippen molar-refractivity contribution < 1.29 is 14.6 Å². The van der Waals surface area contributed by atoms with Crippen LogP contribution in [0.5, 0.6) is 5.75 Å². The molecule has 0 spiro atoms. The molecule has 0 saturated carbocycles. The third-order valence-corrected chi connectivity index (χ3v) is 4.77. The summed E-state index contributed by atoms with van der Waals surface area (Å²) < 4.78 is 12.2. The van der Waals surface area contributed by atoms with Gasteiger partial charge in [0.2, 0.25) is 0 Å². The Hall–Kier alpha value is -0.850. The monoisotopic (exact) mass is 359 g/mol. The third kappa shape index (κ3) is 5.33. The topological polar surface area (TPSA) is 41.9 Å². The number of methoxy groups -OCH3 is 1. The van der Waals surface area contributed by atoms with Gasteiger partial charge in [0.25, 0.3) is 0 Å². The number of halogens is 1. The minimum atomic E-state index is -0.670. The molecule has 4 nitrogen and oxygen atoms in total. The molecule has 1 unspecified atom stereocenters. The summed E-state index contributed by atoms with van der Waals surface area (Å²) in [6.45, 7) is 8.12. The summed E-state index contributed by atoms with van der Waals surface area (Å²) in [5, 5.41) is 13.6. The highest BCUT2D eigenvalue weighted by Gasteiger charge is 2.15. The van der Waals surface area contributed by atoms with E-state index in [-0.39, 0.29) is 19.0 Å². The van der Waals surface area contributed by atoms with E-state index in [1.165, 1.54) is 0 Å². The largest absolute Gasteiger partial charge is 0.496 e. The molecule has 130 valence electrons. The number of rotatable bonds is 9. The van der Waals surface area contributed by atoms with Crippen LogP contribution < -0.4 is 4.74 Å². The number of hydrogen-bond acceptors (Lipinski definition) is 5. The van der Waals surface area contributed by atoms with Crippen molar-refractivity contribution in [2.24, 2.45) is 0 Å². The van der Waals surface area contributed by atoms with Gasteiger partial charge in [0.05, 0.1) is 20.3 Å². The number of likely N-dealkylation sites (N-methyl/N-ethyl adjacent to an activating group) is 1. The first-order chi connectivity index (χ1) is 10.7. The van der Waals surface area contributed by atoms with Gasteiger partial charge in [-0.05, 0) is 42.1 Å². The first kappa shape index (κ1) is 20.2. The maximum atomic E-state index is 10.4. The molecule has 0 saturated heterocycles. The lowest BCUT2D eigenvalue weighted by Crippen LogP contribution is -2.27. The number of nitrogens with zero attached hydrogens (tertiary/aromatic N) is 1. The molecule has 1 aromatic heterocycles. The molecule has 0 bridgehead atoms. The smallest absolute Gasteiger partial charge is 0.126 e. The van der Waals surface area contributed by atoms with Crippen molar-refractivity contribution in [2.75, 3.05) is 40.0 Å². The number of ether oxygens (including phenoxy) is 2. The summed E-state index contributed by atoms with van der Waals surface area (Å²) in [7, 11) is 1.63. The van der Waals surface area contributed by atoms with Crippen molar-refractivity contribution in [1.82, 2.24) is 4.90 Å². The number of aliphatic hydroxyl groups is 1. The predicted molar refractivity (Wildman–Crippen MR) is 99.2 cm³/mol. The second kappa shape index (κ2) is 10.1. The third-order valence-electron chi connectivity index (χ3n) is 3.89. The van der Waals surface area contributed by atoms with Crippen molar-refractivity contribution in [3.05, 3.63) is 29.1 Å². The first-order valence-electron chi connectivity index (χ1n) is 7.72. The Labute approximate surface area is 148 Å². The molecule has 1 N–H and O–H groups in total. The molecule has 1 aromatic carbocycles. The maximum Gasteiger partial charge on any atom is 0.126 e. The van der Waals surface area contributed by atoms with E-state index in [0.29, 0.717) is 6.61 Å². The second-order valence-corrected chi connectivity index (χ2v) is 6.12. The van der Waals surface area contributed by atoms with E-state index in [0.717, 1.165) is 41.0 Å². The summed E-state index contributed by atoms with van der Waals surface area (Å²) in [4.78, 5) is 2.30. The van der Waals surface area contributed by atoms with Crippen LogP contribution in [-0.2, 0) is 4.74 Å². The highest BCUT2D eigenvalue weighted by molar-refractivity contribution is 7.17. The molecule has 2 rings (SSSR count). The van der Waals surface area contributed by atoms with Gasteiger partial charge in [-0.1, -0.05) is 13.8 Å². The summed E-state index contributed by atoms with van der Waals surface area (Å²) >= 11 is 1.67. The molecule has 0 radical (unpaired) electrons. The van der Waals surface area contributed by atoms with Crippen LogP contribution in [0.3, 0.4) is 0 Å². The van der Waals surface area contributed by atoms with Gasteiger partial charge in [0, 0.05) is 16.8 Å². The number of benzene rings is 1. The summed E-state index contributed by atoms with van der Waals surface area (Å²) in [6, 6.07) is 6.02. The van der Waals surface area contributed by atoms with Crippen LogP contribution in [-0.4, -0.2) is 50.0 Å². The van der Waals surface area contributed by atoms with Gasteiger partial charge >= 0.3 is 0 Å². The standard InChI is InChI=1S/C17H25NO3S.ClH/c1-4-18(5-2)7-8-21-12-15(19)14-10-13-6-9-22-17(13)11-16(14)20-3;/h6,9-11,15,19H,4-5,7-8,12H2,1-3H3;1H. The average Bonchev–Trinajstić information content (AvgIpc) is 3.00. The van der Waals surface area contributed by atoms with Crippen LogP contribution in [0.25, 0.3) is 10.1 Å². The Balaban J connectivity index is 0.00000264. The summed E-state index contributed by atoms with van der Waals surface area (Å²) in [5.41, 5.74) is 0.788. The van der Waals surface area contributed by atoms with E-state index in [4.69, 9.17) is 9.47 Å². The van der Waals surface area contributed by atoms with Crippen molar-refractivity contribution in [3.63, 3.8) is 0 Å². The molecule has 23 heavy (non-hydrogen) atoms. The molecular weight excluding hydrogens is 334 g/mol. The van der Waals surface area contributed by atoms with Gasteiger partial charge in [0.1, 0.15) is 11.9 Å². The predicted octanol–water partition coefficient (Wildman–Crippen LogP) is 3.72. The average molecular weight is 360 g/mol. The van der Waals surface area contributed by atoms with E-state index in [1.54, 1.807) is 18.4 Å². The second-order valence-electron chi connectivity index (χ2n) is 5.17. The molecular formula is C17H26ClNO3S. The zero-order valence-corrected chi connectivity index (χ0v) is 15.6. The van der Waals surface area contributed by atoms with E-state index in [1.807, 2.05) is 17.5 Å². The normalized spacial score (nSPS) is 12.4. The minimum absolute atomic E-state index is 0.